The molecular weight excluding hydrogens is 416 g/mol. The fourth-order valence-electron chi connectivity index (χ4n) is 3.62. The molecule has 1 amide bonds. The number of nitrogens with zero attached hydrogens (tertiary/aromatic N) is 4. The molecule has 2 aliphatic heterocycles. The lowest BCUT2D eigenvalue weighted by atomic mass is 10.2. The third-order valence-corrected chi connectivity index (χ3v) is 6.08. The molecule has 1 saturated heterocycles. The summed E-state index contributed by atoms with van der Waals surface area (Å²) in [7, 11) is 0. The molecule has 0 radical (unpaired) electrons. The van der Waals surface area contributed by atoms with E-state index in [4.69, 9.17) is 13.9 Å². The second-order valence-corrected chi connectivity index (χ2v) is 8.19. The molecule has 31 heavy (non-hydrogen) atoms. The van der Waals surface area contributed by atoms with Crippen LogP contribution in [0.3, 0.4) is 0 Å². The van der Waals surface area contributed by atoms with Crippen LogP contribution >= 0.6 is 11.8 Å². The number of thioether (sulfide) groups is 1. The maximum atomic E-state index is 12.6. The average Bonchev–Trinajstić information content (AvgIpc) is 3.32. The van der Waals surface area contributed by atoms with Crippen molar-refractivity contribution in [3.63, 3.8) is 0 Å². The number of amides is 1. The summed E-state index contributed by atoms with van der Waals surface area (Å²) in [5.41, 5.74) is 1.19. The first kappa shape index (κ1) is 19.7. The second-order valence-electron chi connectivity index (χ2n) is 7.26. The minimum absolute atomic E-state index is 0.0728. The maximum absolute atomic E-state index is 12.6. The van der Waals surface area contributed by atoms with Gasteiger partial charge in [0.05, 0.1) is 5.75 Å². The van der Waals surface area contributed by atoms with Gasteiger partial charge in [0.2, 0.25) is 12.0 Å². The first-order valence-corrected chi connectivity index (χ1v) is 11.2. The zero-order valence-corrected chi connectivity index (χ0v) is 17.7. The predicted molar refractivity (Wildman–Crippen MR) is 116 cm³/mol. The van der Waals surface area contributed by atoms with Crippen LogP contribution < -0.4 is 14.4 Å². The van der Waals surface area contributed by atoms with Crippen molar-refractivity contribution in [2.45, 2.75) is 11.3 Å². The van der Waals surface area contributed by atoms with Crippen LogP contribution in [0.1, 0.15) is 12.0 Å². The van der Waals surface area contributed by atoms with E-state index in [1.807, 2.05) is 47.4 Å². The van der Waals surface area contributed by atoms with Crippen LogP contribution in [-0.2, 0) is 4.79 Å². The van der Waals surface area contributed by atoms with Crippen molar-refractivity contribution >= 4 is 23.4 Å². The van der Waals surface area contributed by atoms with E-state index in [-0.39, 0.29) is 11.7 Å². The number of benzene rings is 2. The van der Waals surface area contributed by atoms with E-state index in [2.05, 4.69) is 27.2 Å². The number of piperazine rings is 1. The summed E-state index contributed by atoms with van der Waals surface area (Å²) < 4.78 is 17.3. The third kappa shape index (κ3) is 4.46. The predicted octanol–water partition coefficient (Wildman–Crippen LogP) is 3.02. The molecule has 0 aliphatic carbocycles. The van der Waals surface area contributed by atoms with Crippen molar-refractivity contribution in [3.05, 3.63) is 60.5 Å². The Hall–Kier alpha value is -3.20. The Morgan fingerprint density at radius 1 is 0.968 bits per heavy atom. The van der Waals surface area contributed by atoms with E-state index in [1.165, 1.54) is 17.4 Å². The fraction of sp³-hybridized carbons (Fsp3) is 0.318. The van der Waals surface area contributed by atoms with Gasteiger partial charge in [-0.05, 0) is 24.3 Å². The summed E-state index contributed by atoms with van der Waals surface area (Å²) in [6.07, 6.45) is -0.460. The Morgan fingerprint density at radius 2 is 1.71 bits per heavy atom. The quantitative estimate of drug-likeness (QED) is 0.563. The monoisotopic (exact) mass is 438 g/mol. The van der Waals surface area contributed by atoms with Crippen LogP contribution in [0.5, 0.6) is 11.5 Å². The molecule has 3 aromatic rings. The lowest BCUT2D eigenvalue weighted by molar-refractivity contribution is -0.128. The van der Waals surface area contributed by atoms with Crippen LogP contribution in [-0.4, -0.2) is 59.5 Å². The molecule has 9 heteroatoms. The molecule has 1 atom stereocenters. The molecule has 2 aliphatic rings. The molecule has 160 valence electrons. The number of para-hydroxylation sites is 3. The van der Waals surface area contributed by atoms with Gasteiger partial charge in [0.25, 0.3) is 11.1 Å². The number of ether oxygens (including phenoxy) is 2. The van der Waals surface area contributed by atoms with Crippen LogP contribution in [0.25, 0.3) is 0 Å². The zero-order chi connectivity index (χ0) is 21.0. The first-order chi connectivity index (χ1) is 15.3. The number of fused-ring (bicyclic) bond motifs is 1. The number of aromatic nitrogens is 2. The van der Waals surface area contributed by atoms with Crippen molar-refractivity contribution in [2.75, 3.05) is 43.4 Å². The normalized spacial score (nSPS) is 18.1. The largest absolute Gasteiger partial charge is 0.485 e. The molecule has 0 bridgehead atoms. The van der Waals surface area contributed by atoms with E-state index in [0.29, 0.717) is 42.3 Å². The summed E-state index contributed by atoms with van der Waals surface area (Å²) >= 11 is 1.25. The average molecular weight is 439 g/mol. The number of rotatable bonds is 5. The van der Waals surface area contributed by atoms with Crippen LogP contribution in [0.15, 0.2) is 64.2 Å². The molecule has 1 aromatic heterocycles. The van der Waals surface area contributed by atoms with Crippen molar-refractivity contribution in [1.82, 2.24) is 15.1 Å². The Labute approximate surface area is 184 Å². The molecule has 0 saturated carbocycles. The molecule has 0 N–H and O–H groups in total. The number of carbonyl (C=O) groups excluding carboxylic acids is 1. The van der Waals surface area contributed by atoms with Gasteiger partial charge in [-0.3, -0.25) is 4.79 Å². The summed E-state index contributed by atoms with van der Waals surface area (Å²) in [5, 5.41) is 8.48. The summed E-state index contributed by atoms with van der Waals surface area (Å²) in [4.78, 5) is 16.8. The highest BCUT2D eigenvalue weighted by Gasteiger charge is 2.28. The van der Waals surface area contributed by atoms with Gasteiger partial charge < -0.3 is 23.7 Å². The maximum Gasteiger partial charge on any atom is 0.277 e. The summed E-state index contributed by atoms with van der Waals surface area (Å²) in [5.74, 6) is 2.03. The van der Waals surface area contributed by atoms with E-state index < -0.39 is 6.10 Å². The summed E-state index contributed by atoms with van der Waals surface area (Å²) in [6, 6.07) is 17.7. The molecule has 1 fully saturated rings. The highest BCUT2D eigenvalue weighted by Crippen LogP contribution is 2.36. The topological polar surface area (TPSA) is 80.9 Å². The molecule has 2 aromatic carbocycles. The van der Waals surface area contributed by atoms with Crippen molar-refractivity contribution in [3.8, 4) is 11.5 Å². The Kier molecular flexibility index (Phi) is 5.66. The minimum Gasteiger partial charge on any atom is -0.485 e. The summed E-state index contributed by atoms with van der Waals surface area (Å²) in [6.45, 7) is 3.36. The van der Waals surface area contributed by atoms with Gasteiger partial charge in [-0.2, -0.15) is 0 Å². The minimum atomic E-state index is -0.460. The number of anilines is 1. The van der Waals surface area contributed by atoms with E-state index in [1.54, 1.807) is 0 Å². The first-order valence-electron chi connectivity index (χ1n) is 10.2. The Morgan fingerprint density at radius 3 is 2.52 bits per heavy atom. The van der Waals surface area contributed by atoms with Gasteiger partial charge in [0.15, 0.2) is 11.5 Å². The van der Waals surface area contributed by atoms with Crippen LogP contribution in [0.2, 0.25) is 0 Å². The van der Waals surface area contributed by atoms with Gasteiger partial charge in [0.1, 0.15) is 6.61 Å². The SMILES string of the molecule is O=C(CSc1nnc([C@@H]2COc3ccccc3O2)o1)N1CCN(c2ccccc2)CC1. The second kappa shape index (κ2) is 8.89. The number of hydrogen-bond acceptors (Lipinski definition) is 8. The highest BCUT2D eigenvalue weighted by molar-refractivity contribution is 7.99. The fourth-order valence-corrected chi connectivity index (χ4v) is 4.29. The highest BCUT2D eigenvalue weighted by atomic mass is 32.2. The van der Waals surface area contributed by atoms with Crippen molar-refractivity contribution < 1.29 is 18.7 Å². The standard InChI is InChI=1S/C22H22N4O4S/c27-20(26-12-10-25(11-13-26)16-6-2-1-3-7-16)15-31-22-24-23-21(30-22)19-14-28-17-8-4-5-9-18(17)29-19/h1-9,19H,10-15H2/t19-/m0/s1. The zero-order valence-electron chi connectivity index (χ0n) is 16.8. The Balaban J connectivity index is 1.11. The van der Waals surface area contributed by atoms with Gasteiger partial charge in [0, 0.05) is 31.9 Å². The van der Waals surface area contributed by atoms with Gasteiger partial charge in [-0.15, -0.1) is 10.2 Å². The van der Waals surface area contributed by atoms with Crippen LogP contribution in [0.4, 0.5) is 5.69 Å². The molecule has 8 nitrogen and oxygen atoms in total. The number of hydrogen-bond donors (Lipinski definition) is 0. The lowest BCUT2D eigenvalue weighted by Crippen LogP contribution is -2.49. The van der Waals surface area contributed by atoms with E-state index in [9.17, 15) is 4.79 Å². The van der Waals surface area contributed by atoms with Crippen molar-refractivity contribution in [1.29, 1.82) is 0 Å². The van der Waals surface area contributed by atoms with Gasteiger partial charge in [-0.25, -0.2) is 0 Å². The molecule has 0 spiro atoms. The molecule has 0 unspecified atom stereocenters. The van der Waals surface area contributed by atoms with E-state index >= 15 is 0 Å². The van der Waals surface area contributed by atoms with Gasteiger partial charge in [-0.1, -0.05) is 42.1 Å². The molecule has 5 rings (SSSR count). The van der Waals surface area contributed by atoms with Gasteiger partial charge >= 0.3 is 0 Å². The van der Waals surface area contributed by atoms with Crippen LogP contribution in [0, 0.1) is 0 Å². The number of carbonyl (C=O) groups is 1. The van der Waals surface area contributed by atoms with Crippen molar-refractivity contribution in [2.24, 2.45) is 0 Å². The molecule has 3 heterocycles. The molecular formula is C22H22N4O4S. The smallest absolute Gasteiger partial charge is 0.277 e. The lowest BCUT2D eigenvalue weighted by Gasteiger charge is -2.36. The third-order valence-electron chi connectivity index (χ3n) is 5.28. The van der Waals surface area contributed by atoms with E-state index in [0.717, 1.165) is 13.1 Å². The Bertz CT molecular complexity index is 1040.